The van der Waals surface area contributed by atoms with E-state index >= 15 is 0 Å². The monoisotopic (exact) mass is 465 g/mol. The Morgan fingerprint density at radius 2 is 1.82 bits per heavy atom. The van der Waals surface area contributed by atoms with Gasteiger partial charge in [-0.15, -0.1) is 0 Å². The number of ether oxygens (including phenoxy) is 1. The number of halogens is 1. The lowest BCUT2D eigenvalue weighted by molar-refractivity contribution is -0.140. The Bertz CT molecular complexity index is 1150. The fraction of sp³-hybridized carbons (Fsp3) is 0.231. The fourth-order valence-electron chi connectivity index (χ4n) is 3.80. The van der Waals surface area contributed by atoms with Gasteiger partial charge in [0.05, 0.1) is 31.0 Å². The molecule has 1 amide bonds. The quantitative estimate of drug-likeness (QED) is 0.199. The summed E-state index contributed by atoms with van der Waals surface area (Å²) in [4.78, 5) is 27.5. The van der Waals surface area contributed by atoms with E-state index in [2.05, 4.69) is 6.92 Å². The Balaban J connectivity index is 1.75. The molecule has 1 saturated heterocycles. The second-order valence-electron chi connectivity index (χ2n) is 7.78. The smallest absolute Gasteiger partial charge is 0.296 e. The van der Waals surface area contributed by atoms with E-state index in [0.29, 0.717) is 34.3 Å². The van der Waals surface area contributed by atoms with Crippen molar-refractivity contribution in [1.82, 2.24) is 4.90 Å². The summed E-state index contributed by atoms with van der Waals surface area (Å²) >= 11 is 5.97. The van der Waals surface area contributed by atoms with Crippen LogP contribution in [-0.2, 0) is 16.1 Å². The van der Waals surface area contributed by atoms with Gasteiger partial charge in [0.1, 0.15) is 17.3 Å². The molecule has 0 saturated carbocycles. The lowest BCUT2D eigenvalue weighted by Gasteiger charge is -2.24. The Morgan fingerprint density at radius 3 is 2.45 bits per heavy atom. The van der Waals surface area contributed by atoms with Gasteiger partial charge in [-0.05, 0) is 60.5 Å². The molecule has 6 nitrogen and oxygen atoms in total. The van der Waals surface area contributed by atoms with Crippen LogP contribution in [-0.4, -0.2) is 28.3 Å². The minimum atomic E-state index is -0.782. The van der Waals surface area contributed by atoms with Crippen LogP contribution in [0.5, 0.6) is 5.75 Å². The van der Waals surface area contributed by atoms with Crippen LogP contribution in [0.1, 0.15) is 42.7 Å². The minimum absolute atomic E-state index is 0.0218. The maximum absolute atomic E-state index is 13.1. The van der Waals surface area contributed by atoms with Crippen molar-refractivity contribution < 1.29 is 23.8 Å². The van der Waals surface area contributed by atoms with Crippen LogP contribution in [0.3, 0.4) is 0 Å². The molecule has 33 heavy (non-hydrogen) atoms. The number of carbonyl (C=O) groups is 2. The summed E-state index contributed by atoms with van der Waals surface area (Å²) in [6.07, 6.45) is 3.49. The zero-order valence-corrected chi connectivity index (χ0v) is 18.9. The second-order valence-corrected chi connectivity index (χ2v) is 8.22. The molecular weight excluding hydrogens is 442 g/mol. The first-order chi connectivity index (χ1) is 16.0. The number of nitrogens with zero attached hydrogens (tertiary/aromatic N) is 1. The van der Waals surface area contributed by atoms with Gasteiger partial charge in [0.15, 0.2) is 0 Å². The number of aliphatic hydroxyl groups excluding tert-OH is 1. The highest BCUT2D eigenvalue weighted by atomic mass is 35.5. The number of aliphatic hydroxyl groups is 1. The molecule has 1 aliphatic rings. The Kier molecular flexibility index (Phi) is 6.84. The van der Waals surface area contributed by atoms with E-state index in [-0.39, 0.29) is 17.9 Å². The molecule has 4 rings (SSSR count). The number of rotatable bonds is 8. The van der Waals surface area contributed by atoms with Crippen molar-refractivity contribution in [2.24, 2.45) is 0 Å². The van der Waals surface area contributed by atoms with E-state index < -0.39 is 17.7 Å². The molecule has 7 heteroatoms. The number of hydrogen-bond acceptors (Lipinski definition) is 5. The van der Waals surface area contributed by atoms with Gasteiger partial charge in [-0.3, -0.25) is 9.59 Å². The molecule has 0 spiro atoms. The molecule has 2 heterocycles. The largest absolute Gasteiger partial charge is 0.507 e. The van der Waals surface area contributed by atoms with Gasteiger partial charge in [-0.25, -0.2) is 0 Å². The third kappa shape index (κ3) is 4.81. The molecule has 0 radical (unpaired) electrons. The first kappa shape index (κ1) is 22.7. The standard InChI is InChI=1S/C26H24ClNO5/c1-2-3-14-32-20-12-8-17(9-13-20)23-22(24(29)18-6-10-19(27)11-7-18)25(30)26(31)28(23)16-21-5-4-15-33-21/h4-13,15,23,29H,2-3,14,16H2,1H3/t23-/m1/s1. The van der Waals surface area contributed by atoms with Gasteiger partial charge in [0.25, 0.3) is 11.7 Å². The molecule has 1 N–H and O–H groups in total. The zero-order valence-electron chi connectivity index (χ0n) is 18.2. The molecular formula is C26H24ClNO5. The number of ketones is 1. The topological polar surface area (TPSA) is 80.0 Å². The molecule has 0 bridgehead atoms. The molecule has 3 aromatic rings. The number of furan rings is 1. The van der Waals surface area contributed by atoms with Gasteiger partial charge in [0, 0.05) is 10.6 Å². The third-order valence-electron chi connectivity index (χ3n) is 5.53. The van der Waals surface area contributed by atoms with Crippen LogP contribution in [0.2, 0.25) is 5.02 Å². The van der Waals surface area contributed by atoms with Crippen LogP contribution in [0.25, 0.3) is 5.76 Å². The van der Waals surface area contributed by atoms with E-state index in [1.807, 2.05) is 12.1 Å². The van der Waals surface area contributed by atoms with Crippen molar-refractivity contribution in [3.63, 3.8) is 0 Å². The highest BCUT2D eigenvalue weighted by Gasteiger charge is 2.46. The van der Waals surface area contributed by atoms with Crippen molar-refractivity contribution in [2.75, 3.05) is 6.61 Å². The van der Waals surface area contributed by atoms with E-state index in [4.69, 9.17) is 20.8 Å². The van der Waals surface area contributed by atoms with Crippen LogP contribution in [0, 0.1) is 0 Å². The normalized spacial score (nSPS) is 17.5. The minimum Gasteiger partial charge on any atom is -0.507 e. The number of carbonyl (C=O) groups excluding carboxylic acids is 2. The van der Waals surface area contributed by atoms with Crippen LogP contribution in [0.4, 0.5) is 0 Å². The van der Waals surface area contributed by atoms with E-state index in [9.17, 15) is 14.7 Å². The fourth-order valence-corrected chi connectivity index (χ4v) is 3.93. The molecule has 0 aliphatic carbocycles. The van der Waals surface area contributed by atoms with Crippen molar-refractivity contribution in [3.8, 4) is 5.75 Å². The van der Waals surface area contributed by atoms with Crippen LogP contribution in [0.15, 0.2) is 76.9 Å². The van der Waals surface area contributed by atoms with Crippen molar-refractivity contribution in [1.29, 1.82) is 0 Å². The van der Waals surface area contributed by atoms with Gasteiger partial charge >= 0.3 is 0 Å². The highest BCUT2D eigenvalue weighted by Crippen LogP contribution is 2.40. The highest BCUT2D eigenvalue weighted by molar-refractivity contribution is 6.46. The van der Waals surface area contributed by atoms with E-state index in [1.54, 1.807) is 48.5 Å². The zero-order chi connectivity index (χ0) is 23.4. The van der Waals surface area contributed by atoms with Gasteiger partial charge < -0.3 is 19.2 Å². The third-order valence-corrected chi connectivity index (χ3v) is 5.78. The first-order valence-corrected chi connectivity index (χ1v) is 11.2. The number of amides is 1. The second kappa shape index (κ2) is 9.96. The van der Waals surface area contributed by atoms with Crippen LogP contribution >= 0.6 is 11.6 Å². The number of benzene rings is 2. The average Bonchev–Trinajstić information content (AvgIpc) is 3.42. The SMILES string of the molecule is CCCCOc1ccc([C@@H]2C(=C(O)c3ccc(Cl)cc3)C(=O)C(=O)N2Cc2ccco2)cc1. The Morgan fingerprint density at radius 1 is 1.09 bits per heavy atom. The molecule has 1 atom stereocenters. The van der Waals surface area contributed by atoms with Crippen molar-refractivity contribution >= 4 is 29.1 Å². The molecule has 2 aromatic carbocycles. The number of hydrogen-bond donors (Lipinski definition) is 1. The first-order valence-electron chi connectivity index (χ1n) is 10.8. The van der Waals surface area contributed by atoms with Crippen molar-refractivity contribution in [2.45, 2.75) is 32.4 Å². The van der Waals surface area contributed by atoms with Gasteiger partial charge in [-0.1, -0.05) is 37.1 Å². The summed E-state index contributed by atoms with van der Waals surface area (Å²) in [5.41, 5.74) is 1.10. The summed E-state index contributed by atoms with van der Waals surface area (Å²) in [7, 11) is 0. The lowest BCUT2D eigenvalue weighted by Crippen LogP contribution is -2.29. The summed E-state index contributed by atoms with van der Waals surface area (Å²) in [6, 6.07) is 16.4. The Labute approximate surface area is 197 Å². The summed E-state index contributed by atoms with van der Waals surface area (Å²) in [5, 5.41) is 11.6. The molecule has 1 aromatic heterocycles. The molecule has 1 aliphatic heterocycles. The predicted octanol–water partition coefficient (Wildman–Crippen LogP) is 5.73. The van der Waals surface area contributed by atoms with E-state index in [1.165, 1.54) is 11.2 Å². The number of Topliss-reactive ketones (excluding diaryl/α,β-unsaturated/α-hetero) is 1. The number of likely N-dealkylation sites (tertiary alicyclic amines) is 1. The molecule has 170 valence electrons. The lowest BCUT2D eigenvalue weighted by atomic mass is 9.95. The number of unbranched alkanes of at least 4 members (excludes halogenated alkanes) is 1. The molecule has 1 fully saturated rings. The Hall–Kier alpha value is -3.51. The molecule has 0 unspecified atom stereocenters. The van der Waals surface area contributed by atoms with E-state index in [0.717, 1.165) is 12.8 Å². The van der Waals surface area contributed by atoms with Gasteiger partial charge in [0.2, 0.25) is 0 Å². The van der Waals surface area contributed by atoms with Crippen molar-refractivity contribution in [3.05, 3.63) is 94.4 Å². The van der Waals surface area contributed by atoms with Crippen LogP contribution < -0.4 is 4.74 Å². The maximum Gasteiger partial charge on any atom is 0.296 e. The summed E-state index contributed by atoms with van der Waals surface area (Å²) in [6.45, 7) is 2.80. The predicted molar refractivity (Wildman–Crippen MR) is 125 cm³/mol. The average molecular weight is 466 g/mol. The van der Waals surface area contributed by atoms with Gasteiger partial charge in [-0.2, -0.15) is 0 Å². The summed E-state index contributed by atoms with van der Waals surface area (Å²) in [5.74, 6) is -0.460. The summed E-state index contributed by atoms with van der Waals surface area (Å²) < 4.78 is 11.1. The maximum atomic E-state index is 13.1.